The van der Waals surface area contributed by atoms with Crippen LogP contribution >= 0.6 is 12.4 Å². The fourth-order valence-corrected chi connectivity index (χ4v) is 1.84. The van der Waals surface area contributed by atoms with Gasteiger partial charge in [0.1, 0.15) is 5.82 Å². The maximum Gasteiger partial charge on any atom is 0.416 e. The lowest BCUT2D eigenvalue weighted by Crippen LogP contribution is -2.14. The van der Waals surface area contributed by atoms with E-state index in [1.54, 1.807) is 0 Å². The molecule has 1 atom stereocenters. The Kier molecular flexibility index (Phi) is 4.61. The van der Waals surface area contributed by atoms with E-state index < -0.39 is 23.6 Å². The molecule has 1 aromatic rings. The molecule has 6 heteroatoms. The molecule has 0 aromatic heterocycles. The zero-order valence-electron chi connectivity index (χ0n) is 9.51. The third-order valence-corrected chi connectivity index (χ3v) is 3.01. The van der Waals surface area contributed by atoms with Gasteiger partial charge in [-0.15, -0.1) is 12.4 Å². The summed E-state index contributed by atoms with van der Waals surface area (Å²) in [5.74, 6) is -0.361. The standard InChI is InChI=1S/C12H13F4N.ClH/c13-10-6-8(12(14,15)16)3-4-9(10)11(17)5-7-1-2-7;/h3-4,6-7,11H,1-2,5,17H2;1H/t11-;/m1./s1. The third-order valence-electron chi connectivity index (χ3n) is 3.01. The van der Waals surface area contributed by atoms with Crippen LogP contribution in [0.4, 0.5) is 17.6 Å². The minimum Gasteiger partial charge on any atom is -0.324 e. The normalized spacial score (nSPS) is 17.2. The number of rotatable bonds is 3. The Morgan fingerprint density at radius 1 is 1.28 bits per heavy atom. The molecular formula is C12H14ClF4N. The van der Waals surface area contributed by atoms with Crippen molar-refractivity contribution in [3.63, 3.8) is 0 Å². The fraction of sp³-hybridized carbons (Fsp3) is 0.500. The quantitative estimate of drug-likeness (QED) is 0.832. The molecule has 1 aromatic carbocycles. The lowest BCUT2D eigenvalue weighted by molar-refractivity contribution is -0.137. The summed E-state index contributed by atoms with van der Waals surface area (Å²) in [5.41, 5.74) is 4.97. The Morgan fingerprint density at radius 3 is 2.33 bits per heavy atom. The molecular weight excluding hydrogens is 270 g/mol. The van der Waals surface area contributed by atoms with Crippen molar-refractivity contribution in [3.8, 4) is 0 Å². The van der Waals surface area contributed by atoms with Crippen molar-refractivity contribution in [2.75, 3.05) is 0 Å². The molecule has 0 aliphatic heterocycles. The van der Waals surface area contributed by atoms with Crippen molar-refractivity contribution in [2.24, 2.45) is 11.7 Å². The van der Waals surface area contributed by atoms with Crippen LogP contribution in [0.5, 0.6) is 0 Å². The van der Waals surface area contributed by atoms with Crippen LogP contribution < -0.4 is 5.73 Å². The summed E-state index contributed by atoms with van der Waals surface area (Å²) in [6.45, 7) is 0. The molecule has 0 heterocycles. The summed E-state index contributed by atoms with van der Waals surface area (Å²) in [6.07, 6.45) is -1.71. The highest BCUT2D eigenvalue weighted by atomic mass is 35.5. The van der Waals surface area contributed by atoms with E-state index in [1.165, 1.54) is 0 Å². The van der Waals surface area contributed by atoms with Gasteiger partial charge in [0.25, 0.3) is 0 Å². The molecule has 1 nitrogen and oxygen atoms in total. The smallest absolute Gasteiger partial charge is 0.324 e. The van der Waals surface area contributed by atoms with Gasteiger partial charge in [0.05, 0.1) is 5.56 Å². The predicted octanol–water partition coefficient (Wildman–Crippen LogP) is 4.07. The van der Waals surface area contributed by atoms with E-state index in [0.29, 0.717) is 18.4 Å². The lowest BCUT2D eigenvalue weighted by Gasteiger charge is -2.14. The number of alkyl halides is 3. The minimum absolute atomic E-state index is 0. The number of hydrogen-bond donors (Lipinski definition) is 1. The topological polar surface area (TPSA) is 26.0 Å². The molecule has 18 heavy (non-hydrogen) atoms. The summed E-state index contributed by atoms with van der Waals surface area (Å²) in [6, 6.07) is 2.03. The first-order chi connectivity index (χ1) is 7.88. The van der Waals surface area contributed by atoms with Crippen LogP contribution in [0.3, 0.4) is 0 Å². The van der Waals surface area contributed by atoms with E-state index in [-0.39, 0.29) is 18.0 Å². The molecule has 2 rings (SSSR count). The van der Waals surface area contributed by atoms with Gasteiger partial charge in [-0.3, -0.25) is 0 Å². The maximum atomic E-state index is 13.5. The van der Waals surface area contributed by atoms with Crippen LogP contribution in [0.1, 0.15) is 36.4 Å². The van der Waals surface area contributed by atoms with Gasteiger partial charge in [-0.25, -0.2) is 4.39 Å². The van der Waals surface area contributed by atoms with E-state index in [4.69, 9.17) is 5.73 Å². The van der Waals surface area contributed by atoms with Gasteiger partial charge in [-0.2, -0.15) is 13.2 Å². The number of hydrogen-bond acceptors (Lipinski definition) is 1. The summed E-state index contributed by atoms with van der Waals surface area (Å²) in [4.78, 5) is 0. The zero-order chi connectivity index (χ0) is 12.6. The average molecular weight is 284 g/mol. The zero-order valence-corrected chi connectivity index (χ0v) is 10.3. The van der Waals surface area contributed by atoms with Gasteiger partial charge in [-0.05, 0) is 24.5 Å². The van der Waals surface area contributed by atoms with Gasteiger partial charge in [0, 0.05) is 11.6 Å². The molecule has 0 radical (unpaired) electrons. The van der Waals surface area contributed by atoms with Crippen molar-refractivity contribution in [1.29, 1.82) is 0 Å². The number of halogens is 5. The number of benzene rings is 1. The molecule has 2 N–H and O–H groups in total. The van der Waals surface area contributed by atoms with Gasteiger partial charge in [-0.1, -0.05) is 18.9 Å². The van der Waals surface area contributed by atoms with Crippen LogP contribution in [-0.2, 0) is 6.18 Å². The van der Waals surface area contributed by atoms with Crippen molar-refractivity contribution in [3.05, 3.63) is 35.1 Å². The molecule has 1 aliphatic carbocycles. The molecule has 0 spiro atoms. The molecule has 1 fully saturated rings. The van der Waals surface area contributed by atoms with Crippen LogP contribution in [0.15, 0.2) is 18.2 Å². The van der Waals surface area contributed by atoms with E-state index in [1.807, 2.05) is 0 Å². The predicted molar refractivity (Wildman–Crippen MR) is 62.9 cm³/mol. The van der Waals surface area contributed by atoms with E-state index in [2.05, 4.69) is 0 Å². The lowest BCUT2D eigenvalue weighted by atomic mass is 10.00. The fourth-order valence-electron chi connectivity index (χ4n) is 1.84. The molecule has 0 unspecified atom stereocenters. The highest BCUT2D eigenvalue weighted by molar-refractivity contribution is 5.85. The summed E-state index contributed by atoms with van der Waals surface area (Å²) in [7, 11) is 0. The first-order valence-corrected chi connectivity index (χ1v) is 5.50. The van der Waals surface area contributed by atoms with Crippen molar-refractivity contribution < 1.29 is 17.6 Å². The highest BCUT2D eigenvalue weighted by Crippen LogP contribution is 2.38. The molecule has 0 saturated heterocycles. The van der Waals surface area contributed by atoms with E-state index >= 15 is 0 Å². The summed E-state index contributed by atoms with van der Waals surface area (Å²) in [5, 5.41) is 0. The van der Waals surface area contributed by atoms with Crippen molar-refractivity contribution in [1.82, 2.24) is 0 Å². The third kappa shape index (κ3) is 3.59. The van der Waals surface area contributed by atoms with Crippen LogP contribution in [-0.4, -0.2) is 0 Å². The monoisotopic (exact) mass is 283 g/mol. The Hall–Kier alpha value is -0.810. The second-order valence-corrected chi connectivity index (χ2v) is 4.52. The highest BCUT2D eigenvalue weighted by Gasteiger charge is 2.32. The Balaban J connectivity index is 0.00000162. The second kappa shape index (κ2) is 5.45. The first-order valence-electron chi connectivity index (χ1n) is 5.50. The van der Waals surface area contributed by atoms with Gasteiger partial charge in [0.2, 0.25) is 0 Å². The van der Waals surface area contributed by atoms with Crippen molar-refractivity contribution in [2.45, 2.75) is 31.5 Å². The van der Waals surface area contributed by atoms with E-state index in [9.17, 15) is 17.6 Å². The second-order valence-electron chi connectivity index (χ2n) is 4.52. The largest absolute Gasteiger partial charge is 0.416 e. The van der Waals surface area contributed by atoms with Crippen LogP contribution in [0.2, 0.25) is 0 Å². The molecule has 1 aliphatic rings. The SMILES string of the molecule is Cl.N[C@H](CC1CC1)c1ccc(C(F)(F)F)cc1F. The van der Waals surface area contributed by atoms with E-state index in [0.717, 1.165) is 25.0 Å². The Labute approximate surface area is 109 Å². The first kappa shape index (κ1) is 15.2. The Morgan fingerprint density at radius 2 is 1.89 bits per heavy atom. The molecule has 0 amide bonds. The average Bonchev–Trinajstić information content (AvgIpc) is 2.99. The molecule has 102 valence electrons. The van der Waals surface area contributed by atoms with Gasteiger partial charge >= 0.3 is 6.18 Å². The van der Waals surface area contributed by atoms with Crippen LogP contribution in [0.25, 0.3) is 0 Å². The molecule has 1 saturated carbocycles. The maximum absolute atomic E-state index is 13.5. The van der Waals surface area contributed by atoms with Crippen LogP contribution in [0, 0.1) is 11.7 Å². The van der Waals surface area contributed by atoms with Gasteiger partial charge < -0.3 is 5.73 Å². The summed E-state index contributed by atoms with van der Waals surface area (Å²) >= 11 is 0. The minimum atomic E-state index is -4.51. The summed E-state index contributed by atoms with van der Waals surface area (Å²) < 4.78 is 50.5. The number of nitrogens with two attached hydrogens (primary N) is 1. The molecule has 0 bridgehead atoms. The van der Waals surface area contributed by atoms with Gasteiger partial charge in [0.15, 0.2) is 0 Å². The van der Waals surface area contributed by atoms with Crippen molar-refractivity contribution >= 4 is 12.4 Å². The Bertz CT molecular complexity index is 415.